The molecule has 2 aliphatic rings. The number of allylic oxidation sites excluding steroid dienone is 1. The lowest BCUT2D eigenvalue weighted by atomic mass is 9.89. The van der Waals surface area contributed by atoms with E-state index in [0.29, 0.717) is 55.2 Å². The SMILES string of the molecule is C=C1CCC(N2Cc3c(csc3CCC(=O)Cc3cc(Cl)c(C)c(C(C)C)c3)C2=O)C(=O)C1. The molecule has 1 saturated carbocycles. The first-order valence-corrected chi connectivity index (χ1v) is 12.8. The van der Waals surface area contributed by atoms with Gasteiger partial charge in [0.25, 0.3) is 5.91 Å². The summed E-state index contributed by atoms with van der Waals surface area (Å²) in [6.07, 6.45) is 3.21. The van der Waals surface area contributed by atoms with Crippen LogP contribution in [0.4, 0.5) is 0 Å². The van der Waals surface area contributed by atoms with Gasteiger partial charge in [0.15, 0.2) is 5.78 Å². The maximum absolute atomic E-state index is 12.9. The summed E-state index contributed by atoms with van der Waals surface area (Å²) in [6.45, 7) is 10.7. The van der Waals surface area contributed by atoms with Gasteiger partial charge in [0, 0.05) is 41.1 Å². The minimum Gasteiger partial charge on any atom is -0.324 e. The Bertz CT molecular complexity index is 1150. The highest BCUT2D eigenvalue weighted by Crippen LogP contribution is 2.36. The average molecular weight is 484 g/mol. The number of thiophene rings is 1. The minimum absolute atomic E-state index is 0.0554. The monoisotopic (exact) mass is 483 g/mol. The van der Waals surface area contributed by atoms with Gasteiger partial charge >= 0.3 is 0 Å². The van der Waals surface area contributed by atoms with E-state index in [1.165, 1.54) is 5.56 Å². The van der Waals surface area contributed by atoms with E-state index < -0.39 is 0 Å². The molecule has 0 saturated heterocycles. The van der Waals surface area contributed by atoms with Crippen molar-refractivity contribution < 1.29 is 14.4 Å². The number of aryl methyl sites for hydroxylation is 1. The molecule has 4 nitrogen and oxygen atoms in total. The Kier molecular flexibility index (Phi) is 6.92. The van der Waals surface area contributed by atoms with Crippen LogP contribution in [0.25, 0.3) is 0 Å². The number of carbonyl (C=O) groups excluding carboxylic acids is 3. The van der Waals surface area contributed by atoms with E-state index in [9.17, 15) is 14.4 Å². The molecule has 1 aromatic carbocycles. The molecule has 1 aliphatic carbocycles. The van der Waals surface area contributed by atoms with Crippen LogP contribution >= 0.6 is 22.9 Å². The van der Waals surface area contributed by atoms with Gasteiger partial charge in [-0.05, 0) is 60.4 Å². The zero-order valence-corrected chi connectivity index (χ0v) is 21.1. The smallest absolute Gasteiger partial charge is 0.255 e. The van der Waals surface area contributed by atoms with E-state index in [-0.39, 0.29) is 23.5 Å². The number of hydrogen-bond acceptors (Lipinski definition) is 4. The van der Waals surface area contributed by atoms with Crippen LogP contribution in [0.5, 0.6) is 0 Å². The number of fused-ring (bicyclic) bond motifs is 1. The molecule has 2 heterocycles. The zero-order valence-electron chi connectivity index (χ0n) is 19.5. The van der Waals surface area contributed by atoms with Crippen molar-refractivity contribution in [3.05, 3.63) is 67.4 Å². The van der Waals surface area contributed by atoms with Crippen molar-refractivity contribution in [2.75, 3.05) is 0 Å². The van der Waals surface area contributed by atoms with Gasteiger partial charge in [-0.15, -0.1) is 11.3 Å². The van der Waals surface area contributed by atoms with Crippen molar-refractivity contribution in [1.82, 2.24) is 4.90 Å². The van der Waals surface area contributed by atoms with Crippen molar-refractivity contribution in [3.63, 3.8) is 0 Å². The van der Waals surface area contributed by atoms with Gasteiger partial charge < -0.3 is 4.90 Å². The largest absolute Gasteiger partial charge is 0.324 e. The molecule has 33 heavy (non-hydrogen) atoms. The van der Waals surface area contributed by atoms with Crippen LogP contribution in [0, 0.1) is 6.92 Å². The second-order valence-electron chi connectivity index (χ2n) is 9.59. The highest BCUT2D eigenvalue weighted by Gasteiger charge is 2.39. The summed E-state index contributed by atoms with van der Waals surface area (Å²) >= 11 is 7.95. The summed E-state index contributed by atoms with van der Waals surface area (Å²) in [4.78, 5) is 41.0. The number of carbonyl (C=O) groups is 3. The summed E-state index contributed by atoms with van der Waals surface area (Å²) in [6, 6.07) is 3.64. The first-order chi connectivity index (χ1) is 15.7. The van der Waals surface area contributed by atoms with Crippen molar-refractivity contribution in [2.24, 2.45) is 0 Å². The van der Waals surface area contributed by atoms with E-state index in [0.717, 1.165) is 33.6 Å². The first-order valence-electron chi connectivity index (χ1n) is 11.6. The molecule has 1 amide bonds. The van der Waals surface area contributed by atoms with E-state index >= 15 is 0 Å². The summed E-state index contributed by atoms with van der Waals surface area (Å²) in [5, 5.41) is 2.60. The van der Waals surface area contributed by atoms with Crippen LogP contribution in [-0.2, 0) is 29.0 Å². The molecule has 2 aromatic rings. The summed E-state index contributed by atoms with van der Waals surface area (Å²) in [5.41, 5.74) is 5.86. The summed E-state index contributed by atoms with van der Waals surface area (Å²) in [5.74, 6) is 0.540. The molecule has 1 atom stereocenters. The molecule has 0 radical (unpaired) electrons. The fourth-order valence-electron chi connectivity index (χ4n) is 4.95. The van der Waals surface area contributed by atoms with Crippen molar-refractivity contribution >= 4 is 40.4 Å². The number of nitrogens with zero attached hydrogens (tertiary/aromatic N) is 1. The molecule has 0 N–H and O–H groups in total. The highest BCUT2D eigenvalue weighted by molar-refractivity contribution is 7.10. The van der Waals surface area contributed by atoms with Crippen molar-refractivity contribution in [3.8, 4) is 0 Å². The van der Waals surface area contributed by atoms with Crippen molar-refractivity contribution in [2.45, 2.75) is 77.8 Å². The van der Waals surface area contributed by atoms with Gasteiger partial charge in [0.05, 0.1) is 11.6 Å². The minimum atomic E-state index is -0.351. The quantitative estimate of drug-likeness (QED) is 0.440. The lowest BCUT2D eigenvalue weighted by molar-refractivity contribution is -0.124. The molecule has 1 aromatic heterocycles. The van der Waals surface area contributed by atoms with E-state index in [2.05, 4.69) is 26.5 Å². The lowest BCUT2D eigenvalue weighted by Gasteiger charge is -2.30. The molecule has 1 fully saturated rings. The number of ketones is 2. The molecule has 0 spiro atoms. The maximum atomic E-state index is 12.9. The second kappa shape index (κ2) is 9.55. The maximum Gasteiger partial charge on any atom is 0.255 e. The van der Waals surface area contributed by atoms with Crippen LogP contribution in [0.2, 0.25) is 5.02 Å². The number of hydrogen-bond donors (Lipinski definition) is 0. The van der Waals surface area contributed by atoms with Crippen LogP contribution in [0.15, 0.2) is 29.7 Å². The third-order valence-electron chi connectivity index (χ3n) is 6.84. The van der Waals surface area contributed by atoms with Crippen molar-refractivity contribution in [1.29, 1.82) is 0 Å². The van der Waals surface area contributed by atoms with Crippen LogP contribution in [0.3, 0.4) is 0 Å². The van der Waals surface area contributed by atoms with Gasteiger partial charge in [-0.2, -0.15) is 0 Å². The van der Waals surface area contributed by atoms with Gasteiger partial charge in [-0.25, -0.2) is 0 Å². The van der Waals surface area contributed by atoms with E-state index in [1.807, 2.05) is 18.4 Å². The molecule has 0 bridgehead atoms. The Morgan fingerprint density at radius 2 is 2.06 bits per heavy atom. The summed E-state index contributed by atoms with van der Waals surface area (Å²) in [7, 11) is 0. The first kappa shape index (κ1) is 23.9. The molecule has 1 aliphatic heterocycles. The molecular formula is C27H30ClNO3S. The number of amides is 1. The number of benzene rings is 1. The Morgan fingerprint density at radius 3 is 2.76 bits per heavy atom. The Hall–Kier alpha value is -2.24. The number of halogens is 1. The predicted octanol–water partition coefficient (Wildman–Crippen LogP) is 6.21. The molecular weight excluding hydrogens is 454 g/mol. The fraction of sp³-hybridized carbons (Fsp3) is 0.444. The zero-order chi connectivity index (χ0) is 23.9. The standard InChI is InChI=1S/C27H30ClNO3S/c1-15(2)20-11-18(12-23(28)17(20)4)10-19(30)6-8-26-21-13-29(27(32)22(21)14-33-26)24-7-5-16(3)9-25(24)31/h11-12,14-15,24H,3,5-10,13H2,1-2,4H3. The van der Waals surface area contributed by atoms with Gasteiger partial charge in [-0.1, -0.05) is 43.7 Å². The number of rotatable bonds is 7. The Labute approximate surface area is 204 Å². The van der Waals surface area contributed by atoms with E-state index in [1.54, 1.807) is 16.2 Å². The second-order valence-corrected chi connectivity index (χ2v) is 11.0. The van der Waals surface area contributed by atoms with Gasteiger partial charge in [0.2, 0.25) is 0 Å². The highest BCUT2D eigenvalue weighted by atomic mass is 35.5. The average Bonchev–Trinajstić information content (AvgIpc) is 3.29. The Morgan fingerprint density at radius 1 is 1.30 bits per heavy atom. The third-order valence-corrected chi connectivity index (χ3v) is 8.32. The predicted molar refractivity (Wildman–Crippen MR) is 133 cm³/mol. The third kappa shape index (κ3) is 4.85. The van der Waals surface area contributed by atoms with Crippen LogP contribution in [0.1, 0.15) is 82.9 Å². The fourth-order valence-corrected chi connectivity index (χ4v) is 6.24. The topological polar surface area (TPSA) is 54.5 Å². The number of Topliss-reactive ketones (excluding diaryl/α,β-unsaturated/α-hetero) is 2. The van der Waals surface area contributed by atoms with Gasteiger partial charge in [-0.3, -0.25) is 14.4 Å². The molecule has 174 valence electrons. The Balaban J connectivity index is 1.40. The lowest BCUT2D eigenvalue weighted by Crippen LogP contribution is -2.43. The molecule has 6 heteroatoms. The van der Waals surface area contributed by atoms with Crippen LogP contribution < -0.4 is 0 Å². The van der Waals surface area contributed by atoms with E-state index in [4.69, 9.17) is 11.6 Å². The molecule has 1 unspecified atom stereocenters. The van der Waals surface area contributed by atoms with Crippen LogP contribution in [-0.4, -0.2) is 28.4 Å². The summed E-state index contributed by atoms with van der Waals surface area (Å²) < 4.78 is 0. The normalized spacial score (nSPS) is 18.4. The molecule has 4 rings (SSSR count). The van der Waals surface area contributed by atoms with Gasteiger partial charge in [0.1, 0.15) is 5.78 Å².